The van der Waals surface area contributed by atoms with Crippen LogP contribution in [0.3, 0.4) is 0 Å². The first-order valence-electron chi connectivity index (χ1n) is 6.16. The monoisotopic (exact) mass is 233 g/mol. The number of amides is 1. The Balaban J connectivity index is 1.97. The molecule has 1 fully saturated rings. The fraction of sp³-hybridized carbons (Fsp3) is 0.500. The third-order valence-corrected chi connectivity index (χ3v) is 3.57. The zero-order valence-electron chi connectivity index (χ0n) is 10.2. The molecule has 1 amide bonds. The Morgan fingerprint density at radius 3 is 2.35 bits per heavy atom. The quantitative estimate of drug-likeness (QED) is 0.847. The molecule has 3 heteroatoms. The molecule has 1 N–H and O–H groups in total. The van der Waals surface area contributed by atoms with Gasteiger partial charge in [0.15, 0.2) is 0 Å². The molecule has 17 heavy (non-hydrogen) atoms. The van der Waals surface area contributed by atoms with Gasteiger partial charge in [-0.3, -0.25) is 4.79 Å². The Hall–Kier alpha value is -1.35. The smallest absolute Gasteiger partial charge is 0.219 e. The number of aliphatic hydroxyl groups is 1. The van der Waals surface area contributed by atoms with Crippen molar-refractivity contribution < 1.29 is 9.90 Å². The van der Waals surface area contributed by atoms with Crippen LogP contribution in [0.15, 0.2) is 24.3 Å². The second kappa shape index (κ2) is 5.32. The normalized spacial score (nSPS) is 17.2. The van der Waals surface area contributed by atoms with E-state index in [4.69, 9.17) is 5.11 Å². The van der Waals surface area contributed by atoms with E-state index in [0.29, 0.717) is 5.92 Å². The number of rotatable bonds is 2. The fourth-order valence-electron chi connectivity index (χ4n) is 2.42. The van der Waals surface area contributed by atoms with Gasteiger partial charge in [0.25, 0.3) is 0 Å². The van der Waals surface area contributed by atoms with Crippen molar-refractivity contribution in [3.05, 3.63) is 35.4 Å². The summed E-state index contributed by atoms with van der Waals surface area (Å²) in [7, 11) is 0. The number of piperidine rings is 1. The molecule has 0 spiro atoms. The summed E-state index contributed by atoms with van der Waals surface area (Å²) in [4.78, 5) is 13.1. The van der Waals surface area contributed by atoms with Gasteiger partial charge in [-0.15, -0.1) is 0 Å². The summed E-state index contributed by atoms with van der Waals surface area (Å²) in [6, 6.07) is 8.15. The first-order valence-corrected chi connectivity index (χ1v) is 6.16. The van der Waals surface area contributed by atoms with Crippen molar-refractivity contribution in [2.24, 2.45) is 0 Å². The van der Waals surface area contributed by atoms with Crippen LogP contribution >= 0.6 is 0 Å². The molecule has 3 nitrogen and oxygen atoms in total. The average Bonchev–Trinajstić information content (AvgIpc) is 2.39. The van der Waals surface area contributed by atoms with Crippen LogP contribution < -0.4 is 0 Å². The molecular formula is C14H19NO2. The lowest BCUT2D eigenvalue weighted by molar-refractivity contribution is -0.129. The molecule has 0 saturated carbocycles. The maximum Gasteiger partial charge on any atom is 0.219 e. The van der Waals surface area contributed by atoms with Gasteiger partial charge < -0.3 is 10.0 Å². The van der Waals surface area contributed by atoms with Crippen LogP contribution in [-0.2, 0) is 11.4 Å². The number of carbonyl (C=O) groups is 1. The van der Waals surface area contributed by atoms with Crippen molar-refractivity contribution in [1.29, 1.82) is 0 Å². The molecule has 1 aromatic carbocycles. The van der Waals surface area contributed by atoms with Crippen LogP contribution in [0.4, 0.5) is 0 Å². The van der Waals surface area contributed by atoms with Gasteiger partial charge in [0.1, 0.15) is 0 Å². The van der Waals surface area contributed by atoms with Crippen LogP contribution in [0.1, 0.15) is 36.8 Å². The van der Waals surface area contributed by atoms with E-state index in [1.54, 1.807) is 6.92 Å². The standard InChI is InChI=1S/C14H19NO2/c1-11(17)15-8-6-14(7-9-15)13-4-2-12(10-16)3-5-13/h2-5,14,16H,6-10H2,1H3. The third-order valence-electron chi connectivity index (χ3n) is 3.57. The van der Waals surface area contributed by atoms with Gasteiger partial charge in [-0.2, -0.15) is 0 Å². The molecule has 0 radical (unpaired) electrons. The van der Waals surface area contributed by atoms with Gasteiger partial charge in [0.05, 0.1) is 6.61 Å². The Bertz CT molecular complexity index is 378. The van der Waals surface area contributed by atoms with E-state index < -0.39 is 0 Å². The number of hydrogen-bond acceptors (Lipinski definition) is 2. The molecule has 1 aliphatic heterocycles. The van der Waals surface area contributed by atoms with Gasteiger partial charge in [-0.05, 0) is 29.9 Å². The van der Waals surface area contributed by atoms with E-state index in [0.717, 1.165) is 31.5 Å². The van der Waals surface area contributed by atoms with Gasteiger partial charge in [0.2, 0.25) is 5.91 Å². The molecule has 1 aromatic rings. The Morgan fingerprint density at radius 2 is 1.88 bits per heavy atom. The SMILES string of the molecule is CC(=O)N1CCC(c2ccc(CO)cc2)CC1. The topological polar surface area (TPSA) is 40.5 Å². The first-order chi connectivity index (χ1) is 8.20. The van der Waals surface area contributed by atoms with Crippen molar-refractivity contribution >= 4 is 5.91 Å². The summed E-state index contributed by atoms with van der Waals surface area (Å²) in [5.74, 6) is 0.734. The van der Waals surface area contributed by atoms with Gasteiger partial charge in [-0.1, -0.05) is 24.3 Å². The van der Waals surface area contributed by atoms with Crippen molar-refractivity contribution in [3.8, 4) is 0 Å². The van der Waals surface area contributed by atoms with Crippen LogP contribution in [0, 0.1) is 0 Å². The molecule has 92 valence electrons. The number of benzene rings is 1. The lowest BCUT2D eigenvalue weighted by atomic mass is 9.89. The number of aliphatic hydroxyl groups excluding tert-OH is 1. The molecule has 0 bridgehead atoms. The summed E-state index contributed by atoms with van der Waals surface area (Å²) in [5.41, 5.74) is 2.28. The summed E-state index contributed by atoms with van der Waals surface area (Å²) in [6.07, 6.45) is 2.08. The van der Waals surface area contributed by atoms with Crippen molar-refractivity contribution in [3.63, 3.8) is 0 Å². The molecule has 1 saturated heterocycles. The van der Waals surface area contributed by atoms with Gasteiger partial charge in [0, 0.05) is 20.0 Å². The summed E-state index contributed by atoms with van der Waals surface area (Å²) < 4.78 is 0. The minimum atomic E-state index is 0.100. The Labute approximate surface area is 102 Å². The van der Waals surface area contributed by atoms with Crippen molar-refractivity contribution in [2.75, 3.05) is 13.1 Å². The van der Waals surface area contributed by atoms with Crippen LogP contribution in [0.5, 0.6) is 0 Å². The minimum absolute atomic E-state index is 0.100. The predicted molar refractivity (Wildman–Crippen MR) is 66.6 cm³/mol. The van der Waals surface area contributed by atoms with Gasteiger partial charge >= 0.3 is 0 Å². The summed E-state index contributed by atoms with van der Waals surface area (Å²) in [5, 5.41) is 8.99. The molecule has 0 aromatic heterocycles. The molecule has 0 atom stereocenters. The van der Waals surface area contributed by atoms with E-state index in [1.165, 1.54) is 5.56 Å². The van der Waals surface area contributed by atoms with Crippen LogP contribution in [0.25, 0.3) is 0 Å². The highest BCUT2D eigenvalue weighted by atomic mass is 16.3. The zero-order valence-corrected chi connectivity index (χ0v) is 10.2. The van der Waals surface area contributed by atoms with Crippen LogP contribution in [-0.4, -0.2) is 29.0 Å². The highest BCUT2D eigenvalue weighted by Gasteiger charge is 2.21. The second-order valence-corrected chi connectivity index (χ2v) is 4.68. The largest absolute Gasteiger partial charge is 0.392 e. The van der Waals surface area contributed by atoms with E-state index in [1.807, 2.05) is 17.0 Å². The molecule has 1 aliphatic rings. The second-order valence-electron chi connectivity index (χ2n) is 4.68. The number of hydrogen-bond donors (Lipinski definition) is 1. The lowest BCUT2D eigenvalue weighted by Gasteiger charge is -2.31. The number of nitrogens with zero attached hydrogens (tertiary/aromatic N) is 1. The van der Waals surface area contributed by atoms with Gasteiger partial charge in [-0.25, -0.2) is 0 Å². The average molecular weight is 233 g/mol. The Morgan fingerprint density at radius 1 is 1.29 bits per heavy atom. The third kappa shape index (κ3) is 2.86. The summed E-state index contributed by atoms with van der Waals surface area (Å²) >= 11 is 0. The molecule has 2 rings (SSSR count). The first kappa shape index (κ1) is 12.1. The highest BCUT2D eigenvalue weighted by molar-refractivity contribution is 5.73. The number of likely N-dealkylation sites (tertiary alicyclic amines) is 1. The zero-order chi connectivity index (χ0) is 12.3. The predicted octanol–water partition coefficient (Wildman–Crippen LogP) is 1.90. The van der Waals surface area contributed by atoms with E-state index in [2.05, 4.69) is 12.1 Å². The fourth-order valence-corrected chi connectivity index (χ4v) is 2.42. The minimum Gasteiger partial charge on any atom is -0.392 e. The van der Waals surface area contributed by atoms with E-state index >= 15 is 0 Å². The highest BCUT2D eigenvalue weighted by Crippen LogP contribution is 2.28. The molecular weight excluding hydrogens is 214 g/mol. The molecule has 0 unspecified atom stereocenters. The molecule has 0 aliphatic carbocycles. The van der Waals surface area contributed by atoms with Crippen LogP contribution in [0.2, 0.25) is 0 Å². The van der Waals surface area contributed by atoms with Crippen molar-refractivity contribution in [2.45, 2.75) is 32.3 Å². The number of carbonyl (C=O) groups excluding carboxylic acids is 1. The Kier molecular flexibility index (Phi) is 3.79. The van der Waals surface area contributed by atoms with E-state index in [-0.39, 0.29) is 12.5 Å². The summed E-state index contributed by atoms with van der Waals surface area (Å²) in [6.45, 7) is 3.46. The maximum atomic E-state index is 11.2. The molecule has 1 heterocycles. The lowest BCUT2D eigenvalue weighted by Crippen LogP contribution is -2.36. The van der Waals surface area contributed by atoms with E-state index in [9.17, 15) is 4.79 Å². The maximum absolute atomic E-state index is 11.2. The van der Waals surface area contributed by atoms with Crippen molar-refractivity contribution in [1.82, 2.24) is 4.90 Å².